The van der Waals surface area contributed by atoms with Crippen molar-refractivity contribution in [1.82, 2.24) is 45.0 Å². The van der Waals surface area contributed by atoms with Crippen molar-refractivity contribution in [3.8, 4) is 0 Å². The summed E-state index contributed by atoms with van der Waals surface area (Å²) < 4.78 is 7.74. The number of fused-ring (bicyclic) bond motifs is 1. The van der Waals surface area contributed by atoms with Crippen LogP contribution in [-0.4, -0.2) is 87.8 Å². The number of tetrazole rings is 1. The van der Waals surface area contributed by atoms with Crippen molar-refractivity contribution < 1.29 is 14.9 Å². The Morgan fingerprint density at radius 3 is 2.76 bits per heavy atom. The molecular weight excluding hydrogens is 490 g/mol. The van der Waals surface area contributed by atoms with Gasteiger partial charge in [-0.05, 0) is 37.4 Å². The number of nitrogens with zero attached hydrogens (tertiary/aromatic N) is 8. The van der Waals surface area contributed by atoms with Gasteiger partial charge in [0.1, 0.15) is 12.2 Å². The largest absolute Gasteiger partial charge is 0.387 e. The van der Waals surface area contributed by atoms with Crippen LogP contribution in [0, 0.1) is 5.92 Å². The van der Waals surface area contributed by atoms with Gasteiger partial charge in [0.25, 0.3) is 0 Å². The molecule has 38 heavy (non-hydrogen) atoms. The predicted molar refractivity (Wildman–Crippen MR) is 138 cm³/mol. The van der Waals surface area contributed by atoms with E-state index in [2.05, 4.69) is 36.3 Å². The summed E-state index contributed by atoms with van der Waals surface area (Å²) in [7, 11) is 0. The molecule has 0 radical (unpaired) electrons. The summed E-state index contributed by atoms with van der Waals surface area (Å²) >= 11 is 0. The highest BCUT2D eigenvalue weighted by Crippen LogP contribution is 2.39. The number of aryl methyl sites for hydroxylation is 1. The molecule has 0 bridgehead atoms. The lowest BCUT2D eigenvalue weighted by Gasteiger charge is -2.21. The Morgan fingerprint density at radius 2 is 2.00 bits per heavy atom. The normalized spacial score (nSPS) is 28.3. The second kappa shape index (κ2) is 11.0. The lowest BCUT2D eigenvalue weighted by Crippen LogP contribution is -2.29. The highest BCUT2D eigenvalue weighted by molar-refractivity contribution is 5.84. The molecule has 14 nitrogen and oxygen atoms in total. The fourth-order valence-corrected chi connectivity index (χ4v) is 5.73. The van der Waals surface area contributed by atoms with Crippen LogP contribution >= 0.6 is 0 Å². The minimum atomic E-state index is -1.24. The van der Waals surface area contributed by atoms with Gasteiger partial charge < -0.3 is 30.9 Å². The van der Waals surface area contributed by atoms with E-state index in [-0.39, 0.29) is 11.9 Å². The Hall–Kier alpha value is -2.94. The molecule has 14 heteroatoms. The van der Waals surface area contributed by atoms with E-state index < -0.39 is 24.5 Å². The number of aliphatic hydroxyl groups is 2. The third kappa shape index (κ3) is 5.05. The van der Waals surface area contributed by atoms with E-state index in [0.717, 1.165) is 38.4 Å². The van der Waals surface area contributed by atoms with Crippen LogP contribution in [0.5, 0.6) is 0 Å². The zero-order valence-corrected chi connectivity index (χ0v) is 21.7. The van der Waals surface area contributed by atoms with Crippen molar-refractivity contribution >= 4 is 22.9 Å². The summed E-state index contributed by atoms with van der Waals surface area (Å²) in [4.78, 5) is 15.5. The molecule has 206 valence electrons. The molecule has 1 unspecified atom stereocenters. The molecule has 5 atom stereocenters. The molecule has 3 aromatic rings. The fourth-order valence-electron chi connectivity index (χ4n) is 5.73. The molecule has 0 spiro atoms. The summed E-state index contributed by atoms with van der Waals surface area (Å²) in [6.07, 6.45) is 5.88. The molecule has 2 saturated heterocycles. The van der Waals surface area contributed by atoms with E-state index in [9.17, 15) is 10.2 Å². The monoisotopic (exact) mass is 527 g/mol. The van der Waals surface area contributed by atoms with Crippen molar-refractivity contribution in [1.29, 1.82) is 0 Å². The third-order valence-corrected chi connectivity index (χ3v) is 7.90. The van der Waals surface area contributed by atoms with E-state index in [0.29, 0.717) is 29.5 Å². The Balaban J connectivity index is 1.27. The van der Waals surface area contributed by atoms with Gasteiger partial charge in [-0.25, -0.2) is 4.98 Å². The van der Waals surface area contributed by atoms with Crippen LogP contribution in [0.15, 0.2) is 6.33 Å². The van der Waals surface area contributed by atoms with E-state index in [1.54, 1.807) is 10.9 Å². The van der Waals surface area contributed by atoms with Gasteiger partial charge >= 0.3 is 0 Å². The van der Waals surface area contributed by atoms with Crippen LogP contribution in [0.2, 0.25) is 0 Å². The van der Waals surface area contributed by atoms with E-state index in [1.807, 2.05) is 6.92 Å². The van der Waals surface area contributed by atoms with Gasteiger partial charge in [-0.1, -0.05) is 32.1 Å². The summed E-state index contributed by atoms with van der Waals surface area (Å²) in [5.41, 5.74) is 1.10. The van der Waals surface area contributed by atoms with Crippen molar-refractivity contribution in [3.63, 3.8) is 0 Å². The smallest absolute Gasteiger partial charge is 0.227 e. The molecule has 3 aliphatic rings. The number of hydrogen-bond acceptors (Lipinski definition) is 12. The zero-order chi connectivity index (χ0) is 26.1. The number of aliphatic hydroxyl groups excluding tert-OH is 2. The van der Waals surface area contributed by atoms with Gasteiger partial charge in [-0.3, -0.25) is 4.57 Å². The van der Waals surface area contributed by atoms with Crippen LogP contribution in [0.25, 0.3) is 11.2 Å². The standard InChI is InChI=1S/C24H37N11O3/c1-2-35-32-21(31-33-35)19-17(36)18(37)23(38-19)34-13-27-16-20(26-11-8-14-6-4-3-5-7-14)29-24(30-22(16)34)28-15-9-10-25-12-15/h13-15,17-19,23,25,36-37H,2-12H2,1H3,(H2,26,28,29,30)/t15?,17-,18+,19-,23+/m0/s1. The van der Waals surface area contributed by atoms with Gasteiger partial charge in [0.05, 0.1) is 12.9 Å². The number of rotatable bonds is 9. The van der Waals surface area contributed by atoms with Gasteiger partial charge in [-0.2, -0.15) is 14.8 Å². The molecule has 1 saturated carbocycles. The molecule has 5 heterocycles. The number of anilines is 2. The van der Waals surface area contributed by atoms with Crippen molar-refractivity contribution in [2.45, 2.75) is 89.0 Å². The Bertz CT molecular complexity index is 1220. The number of hydrogen-bond donors (Lipinski definition) is 5. The average Bonchev–Trinajstić information content (AvgIpc) is 3.74. The first-order valence-corrected chi connectivity index (χ1v) is 13.9. The quantitative estimate of drug-likeness (QED) is 0.267. The Kier molecular flexibility index (Phi) is 7.37. The maximum Gasteiger partial charge on any atom is 0.227 e. The minimum Gasteiger partial charge on any atom is -0.387 e. The van der Waals surface area contributed by atoms with E-state index >= 15 is 0 Å². The van der Waals surface area contributed by atoms with Gasteiger partial charge in [0, 0.05) is 19.1 Å². The van der Waals surface area contributed by atoms with Crippen molar-refractivity contribution in [2.75, 3.05) is 30.3 Å². The van der Waals surface area contributed by atoms with E-state index in [4.69, 9.17) is 14.7 Å². The van der Waals surface area contributed by atoms with Crippen molar-refractivity contribution in [3.05, 3.63) is 12.2 Å². The first kappa shape index (κ1) is 25.3. The number of aromatic nitrogens is 8. The number of imidazole rings is 1. The first-order valence-electron chi connectivity index (χ1n) is 13.9. The van der Waals surface area contributed by atoms with Gasteiger partial charge in [-0.15, -0.1) is 10.2 Å². The van der Waals surface area contributed by atoms with Crippen LogP contribution < -0.4 is 16.0 Å². The first-order chi connectivity index (χ1) is 18.6. The van der Waals surface area contributed by atoms with Crippen LogP contribution in [-0.2, 0) is 11.3 Å². The molecular formula is C24H37N11O3. The topological polar surface area (TPSA) is 173 Å². The maximum absolute atomic E-state index is 10.9. The van der Waals surface area contributed by atoms with Gasteiger partial charge in [0.15, 0.2) is 29.3 Å². The molecule has 3 aromatic heterocycles. The summed E-state index contributed by atoms with van der Waals surface area (Å²) in [6, 6.07) is 0.227. The fraction of sp³-hybridized carbons (Fsp3) is 0.750. The Labute approximate surface area is 220 Å². The molecule has 0 aromatic carbocycles. The molecule has 5 N–H and O–H groups in total. The highest BCUT2D eigenvalue weighted by atomic mass is 16.6. The summed E-state index contributed by atoms with van der Waals surface area (Å²) in [6.45, 7) is 5.02. The third-order valence-electron chi connectivity index (χ3n) is 7.90. The summed E-state index contributed by atoms with van der Waals surface area (Å²) in [5.74, 6) is 2.11. The van der Waals surface area contributed by atoms with E-state index in [1.165, 1.54) is 36.9 Å². The maximum atomic E-state index is 10.9. The second-order valence-corrected chi connectivity index (χ2v) is 10.5. The lowest BCUT2D eigenvalue weighted by atomic mass is 9.87. The van der Waals surface area contributed by atoms with Crippen LogP contribution in [0.1, 0.15) is 70.0 Å². The lowest BCUT2D eigenvalue weighted by molar-refractivity contribution is -0.0384. The molecule has 6 rings (SSSR count). The number of ether oxygens (including phenoxy) is 1. The SMILES string of the molecule is CCn1nnc([C@H]2O[C@@H](n3cnc4c(NCCC5CCCCC5)nc(NC5CCNC5)nc43)[C@H](O)[C@@H]2O)n1. The predicted octanol–water partition coefficient (Wildman–Crippen LogP) is 0.981. The molecule has 0 amide bonds. The zero-order valence-electron chi connectivity index (χ0n) is 21.7. The Morgan fingerprint density at radius 1 is 1.13 bits per heavy atom. The average molecular weight is 528 g/mol. The molecule has 2 aliphatic heterocycles. The second-order valence-electron chi connectivity index (χ2n) is 10.5. The highest BCUT2D eigenvalue weighted by Gasteiger charge is 2.47. The number of nitrogens with one attached hydrogen (secondary N) is 3. The van der Waals surface area contributed by atoms with Crippen LogP contribution in [0.3, 0.4) is 0 Å². The van der Waals surface area contributed by atoms with Gasteiger partial charge in [0.2, 0.25) is 11.8 Å². The minimum absolute atomic E-state index is 0.223. The van der Waals surface area contributed by atoms with Crippen LogP contribution in [0.4, 0.5) is 11.8 Å². The molecule has 3 fully saturated rings. The molecule has 1 aliphatic carbocycles. The van der Waals surface area contributed by atoms with Crippen molar-refractivity contribution in [2.24, 2.45) is 5.92 Å². The summed E-state index contributed by atoms with van der Waals surface area (Å²) in [5, 5.41) is 44.2.